The molecule has 3 unspecified atom stereocenters. The highest BCUT2D eigenvalue weighted by molar-refractivity contribution is 5.11. The summed E-state index contributed by atoms with van der Waals surface area (Å²) < 4.78 is 2.07. The van der Waals surface area contributed by atoms with E-state index in [1.807, 2.05) is 0 Å². The maximum atomic E-state index is 5.98. The van der Waals surface area contributed by atoms with Crippen LogP contribution in [-0.4, -0.2) is 16.3 Å². The number of hydrogen-bond acceptors (Lipinski definition) is 2. The molecule has 2 N–H and O–H groups in total. The molecule has 19 heavy (non-hydrogen) atoms. The molecule has 3 nitrogen and oxygen atoms in total. The number of aromatic nitrogens is 2. The third-order valence-corrected chi connectivity index (χ3v) is 4.99. The lowest BCUT2D eigenvalue weighted by Crippen LogP contribution is -2.32. The largest absolute Gasteiger partial charge is 0.330 e. The van der Waals surface area contributed by atoms with Crippen molar-refractivity contribution in [3.05, 3.63) is 17.5 Å². The fourth-order valence-corrected chi connectivity index (χ4v) is 3.56. The molecule has 1 saturated carbocycles. The first-order valence-corrected chi connectivity index (χ1v) is 7.89. The van der Waals surface area contributed by atoms with Crippen LogP contribution in [0.15, 0.2) is 6.07 Å². The van der Waals surface area contributed by atoms with Gasteiger partial charge in [0.15, 0.2) is 0 Å². The van der Waals surface area contributed by atoms with E-state index in [0.29, 0.717) is 5.92 Å². The van der Waals surface area contributed by atoms with Gasteiger partial charge in [-0.15, -0.1) is 0 Å². The van der Waals surface area contributed by atoms with Crippen LogP contribution >= 0.6 is 0 Å². The minimum Gasteiger partial charge on any atom is -0.330 e. The molecule has 3 atom stereocenters. The Balaban J connectivity index is 2.07. The van der Waals surface area contributed by atoms with Crippen molar-refractivity contribution < 1.29 is 0 Å². The van der Waals surface area contributed by atoms with Gasteiger partial charge < -0.3 is 5.73 Å². The van der Waals surface area contributed by atoms with Gasteiger partial charge in [0.25, 0.3) is 0 Å². The van der Waals surface area contributed by atoms with Crippen LogP contribution in [0.5, 0.6) is 0 Å². The molecule has 0 bridgehead atoms. The van der Waals surface area contributed by atoms with E-state index in [1.165, 1.54) is 37.1 Å². The van der Waals surface area contributed by atoms with E-state index in [2.05, 4.69) is 36.7 Å². The number of aryl methyl sites for hydroxylation is 2. The molecule has 0 radical (unpaired) electrons. The summed E-state index contributed by atoms with van der Waals surface area (Å²) in [5, 5.41) is 4.57. The van der Waals surface area contributed by atoms with Crippen LogP contribution in [0.1, 0.15) is 50.9 Å². The standard InChI is InChI=1S/C16H29N3/c1-4-12-6-7-13(11-17)14(8-12)9-16-10-15(5-2)18-19(16)3/h10,12-14H,4-9,11,17H2,1-3H3. The van der Waals surface area contributed by atoms with Crippen LogP contribution in [0.4, 0.5) is 0 Å². The Kier molecular flexibility index (Phi) is 5.03. The molecule has 1 aromatic heterocycles. The van der Waals surface area contributed by atoms with E-state index >= 15 is 0 Å². The van der Waals surface area contributed by atoms with Crippen LogP contribution in [0.25, 0.3) is 0 Å². The SMILES string of the molecule is CCc1cc(CC2CC(CC)CCC2CN)n(C)n1. The Morgan fingerprint density at radius 3 is 2.68 bits per heavy atom. The predicted octanol–water partition coefficient (Wildman–Crippen LogP) is 2.93. The molecule has 108 valence electrons. The van der Waals surface area contributed by atoms with Crippen LogP contribution in [0, 0.1) is 17.8 Å². The van der Waals surface area contributed by atoms with Crippen molar-refractivity contribution in [2.24, 2.45) is 30.5 Å². The van der Waals surface area contributed by atoms with Crippen molar-refractivity contribution in [2.45, 2.75) is 52.4 Å². The van der Waals surface area contributed by atoms with E-state index in [1.54, 1.807) is 0 Å². The Hall–Kier alpha value is -0.830. The molecular formula is C16H29N3. The van der Waals surface area contributed by atoms with Gasteiger partial charge in [-0.1, -0.05) is 26.7 Å². The minimum atomic E-state index is 0.711. The smallest absolute Gasteiger partial charge is 0.0624 e. The minimum absolute atomic E-state index is 0.711. The Morgan fingerprint density at radius 2 is 2.11 bits per heavy atom. The molecule has 2 rings (SSSR count). The highest BCUT2D eigenvalue weighted by Crippen LogP contribution is 2.36. The van der Waals surface area contributed by atoms with Crippen molar-refractivity contribution in [3.8, 4) is 0 Å². The zero-order valence-electron chi connectivity index (χ0n) is 12.7. The summed E-state index contributed by atoms with van der Waals surface area (Å²) in [5.41, 5.74) is 8.58. The average Bonchev–Trinajstić information content (AvgIpc) is 2.79. The van der Waals surface area contributed by atoms with Gasteiger partial charge in [-0.2, -0.15) is 5.10 Å². The lowest BCUT2D eigenvalue weighted by Gasteiger charge is -2.35. The van der Waals surface area contributed by atoms with Gasteiger partial charge in [0.1, 0.15) is 0 Å². The molecule has 1 aliphatic rings. The predicted molar refractivity (Wildman–Crippen MR) is 80.0 cm³/mol. The van der Waals surface area contributed by atoms with Crippen LogP contribution in [0.2, 0.25) is 0 Å². The molecule has 0 saturated heterocycles. The van der Waals surface area contributed by atoms with Gasteiger partial charge in [-0.25, -0.2) is 0 Å². The fraction of sp³-hybridized carbons (Fsp3) is 0.812. The third-order valence-electron chi connectivity index (χ3n) is 4.99. The number of nitrogens with zero attached hydrogens (tertiary/aromatic N) is 2. The Bertz CT molecular complexity index is 397. The van der Waals surface area contributed by atoms with Crippen LogP contribution in [0.3, 0.4) is 0 Å². The number of nitrogens with two attached hydrogens (primary N) is 1. The van der Waals surface area contributed by atoms with Crippen molar-refractivity contribution in [3.63, 3.8) is 0 Å². The maximum Gasteiger partial charge on any atom is 0.0624 e. The Morgan fingerprint density at radius 1 is 1.32 bits per heavy atom. The molecule has 3 heteroatoms. The second-order valence-corrected chi connectivity index (χ2v) is 6.15. The lowest BCUT2D eigenvalue weighted by atomic mass is 9.71. The highest BCUT2D eigenvalue weighted by Gasteiger charge is 2.29. The second-order valence-electron chi connectivity index (χ2n) is 6.15. The van der Waals surface area contributed by atoms with Gasteiger partial charge in [-0.05, 0) is 56.0 Å². The van der Waals surface area contributed by atoms with E-state index in [9.17, 15) is 0 Å². The quantitative estimate of drug-likeness (QED) is 0.887. The van der Waals surface area contributed by atoms with Gasteiger partial charge in [0, 0.05) is 12.7 Å². The summed E-state index contributed by atoms with van der Waals surface area (Å²) in [7, 11) is 2.08. The lowest BCUT2D eigenvalue weighted by molar-refractivity contribution is 0.178. The Labute approximate surface area is 117 Å². The van der Waals surface area contributed by atoms with E-state index in [0.717, 1.165) is 31.2 Å². The zero-order chi connectivity index (χ0) is 13.8. The van der Waals surface area contributed by atoms with Gasteiger partial charge in [0.05, 0.1) is 5.69 Å². The van der Waals surface area contributed by atoms with E-state index in [4.69, 9.17) is 5.73 Å². The summed E-state index contributed by atoms with van der Waals surface area (Å²) in [4.78, 5) is 0. The normalized spacial score (nSPS) is 27.7. The maximum absolute atomic E-state index is 5.98. The van der Waals surface area contributed by atoms with Gasteiger partial charge in [-0.3, -0.25) is 4.68 Å². The molecule has 1 aromatic rings. The van der Waals surface area contributed by atoms with Crippen molar-refractivity contribution in [1.82, 2.24) is 9.78 Å². The first kappa shape index (κ1) is 14.6. The molecule has 1 fully saturated rings. The highest BCUT2D eigenvalue weighted by atomic mass is 15.3. The number of hydrogen-bond donors (Lipinski definition) is 1. The first-order chi connectivity index (χ1) is 9.17. The van der Waals surface area contributed by atoms with Crippen molar-refractivity contribution in [2.75, 3.05) is 6.54 Å². The molecular weight excluding hydrogens is 234 g/mol. The summed E-state index contributed by atoms with van der Waals surface area (Å²) in [5.74, 6) is 2.37. The van der Waals surface area contributed by atoms with Gasteiger partial charge >= 0.3 is 0 Å². The molecule has 1 heterocycles. The van der Waals surface area contributed by atoms with E-state index < -0.39 is 0 Å². The monoisotopic (exact) mass is 263 g/mol. The molecule has 1 aliphatic carbocycles. The van der Waals surface area contributed by atoms with Crippen molar-refractivity contribution >= 4 is 0 Å². The van der Waals surface area contributed by atoms with Gasteiger partial charge in [0.2, 0.25) is 0 Å². The average molecular weight is 263 g/mol. The zero-order valence-corrected chi connectivity index (χ0v) is 12.7. The fourth-order valence-electron chi connectivity index (χ4n) is 3.56. The molecule has 0 spiro atoms. The molecule has 0 aromatic carbocycles. The van der Waals surface area contributed by atoms with E-state index in [-0.39, 0.29) is 0 Å². The second kappa shape index (κ2) is 6.56. The summed E-state index contributed by atoms with van der Waals surface area (Å²) in [6.45, 7) is 5.34. The summed E-state index contributed by atoms with van der Waals surface area (Å²) in [6.07, 6.45) is 7.54. The summed E-state index contributed by atoms with van der Waals surface area (Å²) >= 11 is 0. The van der Waals surface area contributed by atoms with Crippen LogP contribution < -0.4 is 5.73 Å². The van der Waals surface area contributed by atoms with Crippen LogP contribution in [-0.2, 0) is 19.9 Å². The number of rotatable bonds is 5. The molecule has 0 amide bonds. The topological polar surface area (TPSA) is 43.8 Å². The summed E-state index contributed by atoms with van der Waals surface area (Å²) in [6, 6.07) is 2.28. The molecule has 0 aliphatic heterocycles. The first-order valence-electron chi connectivity index (χ1n) is 7.89. The third kappa shape index (κ3) is 3.38. The van der Waals surface area contributed by atoms with Crippen molar-refractivity contribution in [1.29, 1.82) is 0 Å².